The maximum absolute atomic E-state index is 10.4. The topological polar surface area (TPSA) is 55.5 Å². The van der Waals surface area contributed by atoms with Crippen LogP contribution in [0.25, 0.3) is 0 Å². The summed E-state index contributed by atoms with van der Waals surface area (Å²) in [5, 5.41) is 11.0. The van der Waals surface area contributed by atoms with Crippen LogP contribution in [0.3, 0.4) is 0 Å². The van der Waals surface area contributed by atoms with Gasteiger partial charge in [-0.05, 0) is 49.2 Å². The molecule has 0 bridgehead atoms. The van der Waals surface area contributed by atoms with E-state index in [-0.39, 0.29) is 6.10 Å². The number of hydrogen-bond acceptors (Lipinski definition) is 3. The van der Waals surface area contributed by atoms with Gasteiger partial charge >= 0.3 is 0 Å². The maximum atomic E-state index is 10.4. The molecule has 0 spiro atoms. The predicted octanol–water partition coefficient (Wildman–Crippen LogP) is 3.86. The molecule has 2 aromatic rings. The number of rotatable bonds is 5. The first-order valence-corrected chi connectivity index (χ1v) is 7.31. The summed E-state index contributed by atoms with van der Waals surface area (Å²) in [5.74, 6) is 0.779. The summed E-state index contributed by atoms with van der Waals surface area (Å²) in [5.41, 5.74) is 7.72. The zero-order valence-corrected chi connectivity index (χ0v) is 12.9. The fourth-order valence-corrected chi connectivity index (χ4v) is 2.22. The van der Waals surface area contributed by atoms with Crippen molar-refractivity contribution in [2.75, 3.05) is 0 Å². The van der Waals surface area contributed by atoms with E-state index in [0.717, 1.165) is 16.9 Å². The monoisotopic (exact) mass is 305 g/mol. The first-order valence-electron chi connectivity index (χ1n) is 6.93. The van der Waals surface area contributed by atoms with Crippen LogP contribution >= 0.6 is 11.6 Å². The Balaban J connectivity index is 2.11. The average Bonchev–Trinajstić information content (AvgIpc) is 2.47. The summed E-state index contributed by atoms with van der Waals surface area (Å²) in [6.45, 7) is 3.94. The molecule has 0 aliphatic carbocycles. The third kappa shape index (κ3) is 4.21. The van der Waals surface area contributed by atoms with Gasteiger partial charge in [0.05, 0.1) is 18.2 Å². The fraction of sp³-hybridized carbons (Fsp3) is 0.294. The van der Waals surface area contributed by atoms with Crippen LogP contribution in [-0.4, -0.2) is 11.2 Å². The normalized spacial score (nSPS) is 14.0. The summed E-state index contributed by atoms with van der Waals surface area (Å²) in [6.07, 6.45) is -0.656. The van der Waals surface area contributed by atoms with E-state index >= 15 is 0 Å². The van der Waals surface area contributed by atoms with Crippen LogP contribution in [0, 0.1) is 0 Å². The number of nitrogens with two attached hydrogens (primary N) is 1. The quantitative estimate of drug-likeness (QED) is 0.882. The second-order valence-corrected chi connectivity index (χ2v) is 5.69. The lowest BCUT2D eigenvalue weighted by Crippen LogP contribution is -2.19. The number of hydrogen-bond donors (Lipinski definition) is 2. The van der Waals surface area contributed by atoms with E-state index in [4.69, 9.17) is 22.1 Å². The van der Waals surface area contributed by atoms with Gasteiger partial charge in [-0.2, -0.15) is 0 Å². The van der Waals surface area contributed by atoms with Crippen molar-refractivity contribution in [3.05, 3.63) is 64.7 Å². The van der Waals surface area contributed by atoms with Gasteiger partial charge in [0, 0.05) is 5.02 Å². The molecule has 0 aliphatic heterocycles. The average molecular weight is 306 g/mol. The molecular weight excluding hydrogens is 286 g/mol. The molecule has 2 atom stereocenters. The molecule has 3 nitrogen and oxygen atoms in total. The molecule has 3 N–H and O–H groups in total. The van der Waals surface area contributed by atoms with Crippen molar-refractivity contribution in [2.45, 2.75) is 32.1 Å². The summed E-state index contributed by atoms with van der Waals surface area (Å²) in [4.78, 5) is 0. The Morgan fingerprint density at radius 1 is 0.952 bits per heavy atom. The van der Waals surface area contributed by atoms with Crippen LogP contribution in [-0.2, 0) is 0 Å². The molecule has 4 heteroatoms. The fourth-order valence-electron chi connectivity index (χ4n) is 2.09. The van der Waals surface area contributed by atoms with Crippen molar-refractivity contribution in [1.82, 2.24) is 0 Å². The first kappa shape index (κ1) is 15.8. The predicted molar refractivity (Wildman–Crippen MR) is 85.5 cm³/mol. The van der Waals surface area contributed by atoms with Crippen molar-refractivity contribution < 1.29 is 9.84 Å². The Bertz CT molecular complexity index is 566. The van der Waals surface area contributed by atoms with Crippen molar-refractivity contribution in [3.63, 3.8) is 0 Å². The van der Waals surface area contributed by atoms with Crippen LogP contribution in [0.2, 0.25) is 5.02 Å². The number of ether oxygens (including phenoxy) is 1. The Hall–Kier alpha value is -1.55. The summed E-state index contributed by atoms with van der Waals surface area (Å²) >= 11 is 5.85. The molecule has 0 saturated carbocycles. The van der Waals surface area contributed by atoms with Crippen LogP contribution in [0.4, 0.5) is 0 Å². The highest BCUT2D eigenvalue weighted by atomic mass is 35.5. The molecule has 2 rings (SSSR count). The first-order chi connectivity index (χ1) is 9.97. The van der Waals surface area contributed by atoms with Crippen LogP contribution in [0.5, 0.6) is 5.75 Å². The van der Waals surface area contributed by atoms with Gasteiger partial charge in [0.25, 0.3) is 0 Å². The summed E-state index contributed by atoms with van der Waals surface area (Å²) < 4.78 is 5.58. The molecular formula is C17H20ClNO2. The Kier molecular flexibility index (Phi) is 5.23. The SMILES string of the molecule is CC(C)Oc1ccc([C@H](O)[C@H](N)c2ccc(Cl)cc2)cc1. The molecule has 112 valence electrons. The zero-order chi connectivity index (χ0) is 15.4. The Morgan fingerprint density at radius 2 is 1.48 bits per heavy atom. The van der Waals surface area contributed by atoms with E-state index in [0.29, 0.717) is 5.02 Å². The highest BCUT2D eigenvalue weighted by molar-refractivity contribution is 6.30. The van der Waals surface area contributed by atoms with Crippen LogP contribution < -0.4 is 10.5 Å². The van der Waals surface area contributed by atoms with E-state index in [1.807, 2.05) is 50.2 Å². The molecule has 0 saturated heterocycles. The molecule has 0 fully saturated rings. The molecule has 0 unspecified atom stereocenters. The van der Waals surface area contributed by atoms with Gasteiger partial charge in [-0.25, -0.2) is 0 Å². The van der Waals surface area contributed by atoms with Crippen molar-refractivity contribution in [2.24, 2.45) is 5.73 Å². The molecule has 21 heavy (non-hydrogen) atoms. The molecule has 0 aromatic heterocycles. The lowest BCUT2D eigenvalue weighted by Gasteiger charge is -2.20. The second kappa shape index (κ2) is 6.94. The molecule has 0 amide bonds. The largest absolute Gasteiger partial charge is 0.491 e. The highest BCUT2D eigenvalue weighted by Crippen LogP contribution is 2.28. The van der Waals surface area contributed by atoms with Gasteiger partial charge in [0.1, 0.15) is 5.75 Å². The van der Waals surface area contributed by atoms with E-state index in [9.17, 15) is 5.11 Å². The highest BCUT2D eigenvalue weighted by Gasteiger charge is 2.18. The second-order valence-electron chi connectivity index (χ2n) is 5.26. The molecule has 2 aromatic carbocycles. The smallest absolute Gasteiger partial charge is 0.119 e. The van der Waals surface area contributed by atoms with Crippen molar-refractivity contribution in [3.8, 4) is 5.75 Å². The Labute approximate surface area is 130 Å². The number of halogens is 1. The zero-order valence-electron chi connectivity index (χ0n) is 12.2. The van der Waals surface area contributed by atoms with Gasteiger partial charge in [-0.1, -0.05) is 35.9 Å². The van der Waals surface area contributed by atoms with Gasteiger partial charge in [0.2, 0.25) is 0 Å². The van der Waals surface area contributed by atoms with Gasteiger partial charge < -0.3 is 15.6 Å². The minimum atomic E-state index is -0.778. The van der Waals surface area contributed by atoms with E-state index in [1.165, 1.54) is 0 Å². The van der Waals surface area contributed by atoms with E-state index in [2.05, 4.69) is 0 Å². The Morgan fingerprint density at radius 3 is 2.00 bits per heavy atom. The third-order valence-electron chi connectivity index (χ3n) is 3.19. The third-order valence-corrected chi connectivity index (χ3v) is 3.44. The standard InChI is InChI=1S/C17H20ClNO2/c1-11(2)21-15-9-5-13(6-10-15)17(20)16(19)12-3-7-14(18)8-4-12/h3-11,16-17,20H,19H2,1-2H3/t16-,17+/m1/s1. The number of aliphatic hydroxyl groups excluding tert-OH is 1. The van der Waals surface area contributed by atoms with Crippen molar-refractivity contribution in [1.29, 1.82) is 0 Å². The van der Waals surface area contributed by atoms with Crippen LogP contribution in [0.1, 0.15) is 37.1 Å². The van der Waals surface area contributed by atoms with E-state index < -0.39 is 12.1 Å². The van der Waals surface area contributed by atoms with Crippen molar-refractivity contribution >= 4 is 11.6 Å². The van der Waals surface area contributed by atoms with Gasteiger partial charge in [-0.3, -0.25) is 0 Å². The minimum absolute atomic E-state index is 0.122. The van der Waals surface area contributed by atoms with E-state index in [1.54, 1.807) is 12.1 Å². The summed E-state index contributed by atoms with van der Waals surface area (Å²) in [7, 11) is 0. The maximum Gasteiger partial charge on any atom is 0.119 e. The lowest BCUT2D eigenvalue weighted by molar-refractivity contribution is 0.147. The van der Waals surface area contributed by atoms with Gasteiger partial charge in [0.15, 0.2) is 0 Å². The molecule has 0 aliphatic rings. The minimum Gasteiger partial charge on any atom is -0.491 e. The van der Waals surface area contributed by atoms with Crippen LogP contribution in [0.15, 0.2) is 48.5 Å². The summed E-state index contributed by atoms with van der Waals surface area (Å²) in [6, 6.07) is 14.0. The number of benzene rings is 2. The lowest BCUT2D eigenvalue weighted by atomic mass is 9.96. The number of aliphatic hydroxyl groups is 1. The molecule has 0 radical (unpaired) electrons. The molecule has 0 heterocycles. The van der Waals surface area contributed by atoms with Gasteiger partial charge in [-0.15, -0.1) is 0 Å².